The normalized spacial score (nSPS) is 13.9. The SMILES string of the molecule is O=C(CO)C(O)C(O)c1ccc(-c2nc3ccccc3o2)cc1. The van der Waals surface area contributed by atoms with Crippen LogP contribution in [0.1, 0.15) is 11.7 Å². The first-order chi connectivity index (χ1) is 11.1. The topological polar surface area (TPSA) is 104 Å². The molecule has 3 N–H and O–H groups in total. The van der Waals surface area contributed by atoms with E-state index in [1.54, 1.807) is 24.3 Å². The lowest BCUT2D eigenvalue weighted by Crippen LogP contribution is -2.30. The van der Waals surface area contributed by atoms with Gasteiger partial charge in [-0.05, 0) is 29.8 Å². The molecular formula is C17H15NO5. The summed E-state index contributed by atoms with van der Waals surface area (Å²) in [4.78, 5) is 15.6. The van der Waals surface area contributed by atoms with Crippen LogP contribution in [0.4, 0.5) is 0 Å². The maximum atomic E-state index is 11.2. The molecular weight excluding hydrogens is 298 g/mol. The summed E-state index contributed by atoms with van der Waals surface area (Å²) in [5.74, 6) is -0.389. The van der Waals surface area contributed by atoms with Crippen LogP contribution in [0, 0.1) is 0 Å². The van der Waals surface area contributed by atoms with Crippen molar-refractivity contribution in [3.05, 3.63) is 54.1 Å². The van der Waals surface area contributed by atoms with E-state index in [0.717, 1.165) is 5.52 Å². The Morgan fingerprint density at radius 2 is 1.78 bits per heavy atom. The number of fused-ring (bicyclic) bond motifs is 1. The van der Waals surface area contributed by atoms with Gasteiger partial charge < -0.3 is 19.7 Å². The van der Waals surface area contributed by atoms with Gasteiger partial charge in [0.05, 0.1) is 0 Å². The van der Waals surface area contributed by atoms with Gasteiger partial charge in [0.2, 0.25) is 5.89 Å². The van der Waals surface area contributed by atoms with Gasteiger partial charge in [-0.25, -0.2) is 4.98 Å². The minimum atomic E-state index is -1.66. The second-order valence-electron chi connectivity index (χ2n) is 5.12. The molecule has 2 atom stereocenters. The Labute approximate surface area is 131 Å². The van der Waals surface area contributed by atoms with Crippen LogP contribution in [0.15, 0.2) is 52.9 Å². The third-order valence-corrected chi connectivity index (χ3v) is 3.58. The molecule has 0 spiro atoms. The third kappa shape index (κ3) is 3.00. The predicted molar refractivity (Wildman–Crippen MR) is 82.5 cm³/mol. The highest BCUT2D eigenvalue weighted by Crippen LogP contribution is 2.26. The van der Waals surface area contributed by atoms with E-state index in [0.29, 0.717) is 22.6 Å². The summed E-state index contributed by atoms with van der Waals surface area (Å²) >= 11 is 0. The number of ketones is 1. The Hall–Kier alpha value is -2.54. The average Bonchev–Trinajstić information content (AvgIpc) is 3.04. The number of aliphatic hydroxyl groups excluding tert-OH is 3. The number of nitrogens with zero attached hydrogens (tertiary/aromatic N) is 1. The van der Waals surface area contributed by atoms with E-state index >= 15 is 0 Å². The van der Waals surface area contributed by atoms with Gasteiger partial charge in [-0.15, -0.1) is 0 Å². The number of hydrogen-bond acceptors (Lipinski definition) is 6. The summed E-state index contributed by atoms with van der Waals surface area (Å²) in [6.07, 6.45) is -3.05. The Morgan fingerprint density at radius 3 is 2.43 bits per heavy atom. The molecule has 0 amide bonds. The predicted octanol–water partition coefficient (Wildman–Crippen LogP) is 1.45. The summed E-state index contributed by atoms with van der Waals surface area (Å²) in [5, 5.41) is 28.3. The number of benzene rings is 2. The highest BCUT2D eigenvalue weighted by Gasteiger charge is 2.24. The van der Waals surface area contributed by atoms with Gasteiger partial charge in [0.15, 0.2) is 11.4 Å². The number of carbonyl (C=O) groups excluding carboxylic acids is 1. The molecule has 0 aliphatic heterocycles. The lowest BCUT2D eigenvalue weighted by atomic mass is 10.0. The lowest BCUT2D eigenvalue weighted by molar-refractivity contribution is -0.135. The molecule has 3 rings (SSSR count). The van der Waals surface area contributed by atoms with E-state index in [1.165, 1.54) is 0 Å². The fraction of sp³-hybridized carbons (Fsp3) is 0.176. The summed E-state index contributed by atoms with van der Waals surface area (Å²) in [6, 6.07) is 13.9. The van der Waals surface area contributed by atoms with Crippen molar-refractivity contribution in [1.29, 1.82) is 0 Å². The first-order valence-electron chi connectivity index (χ1n) is 7.06. The molecule has 6 nitrogen and oxygen atoms in total. The molecule has 6 heteroatoms. The van der Waals surface area contributed by atoms with Gasteiger partial charge in [-0.2, -0.15) is 0 Å². The van der Waals surface area contributed by atoms with E-state index in [2.05, 4.69) is 4.98 Å². The Bertz CT molecular complexity index is 791. The van der Waals surface area contributed by atoms with Crippen molar-refractivity contribution in [2.75, 3.05) is 6.61 Å². The van der Waals surface area contributed by atoms with E-state index < -0.39 is 24.6 Å². The van der Waals surface area contributed by atoms with Crippen molar-refractivity contribution in [2.45, 2.75) is 12.2 Å². The van der Waals surface area contributed by atoms with Crippen molar-refractivity contribution in [1.82, 2.24) is 4.98 Å². The number of rotatable bonds is 5. The molecule has 23 heavy (non-hydrogen) atoms. The summed E-state index contributed by atoms with van der Waals surface area (Å²) in [6.45, 7) is -0.820. The van der Waals surface area contributed by atoms with Crippen molar-refractivity contribution in [3.8, 4) is 11.5 Å². The average molecular weight is 313 g/mol. The van der Waals surface area contributed by atoms with Crippen molar-refractivity contribution < 1.29 is 24.5 Å². The molecule has 118 valence electrons. The van der Waals surface area contributed by atoms with Crippen LogP contribution in [0.2, 0.25) is 0 Å². The monoisotopic (exact) mass is 313 g/mol. The van der Waals surface area contributed by atoms with Crippen molar-refractivity contribution >= 4 is 16.9 Å². The first-order valence-corrected chi connectivity index (χ1v) is 7.06. The van der Waals surface area contributed by atoms with Gasteiger partial charge >= 0.3 is 0 Å². The largest absolute Gasteiger partial charge is 0.436 e. The van der Waals surface area contributed by atoms with E-state index in [-0.39, 0.29) is 0 Å². The van der Waals surface area contributed by atoms with Crippen LogP contribution in [0.3, 0.4) is 0 Å². The van der Waals surface area contributed by atoms with Gasteiger partial charge in [-0.3, -0.25) is 4.79 Å². The molecule has 1 aromatic heterocycles. The number of aromatic nitrogens is 1. The van der Waals surface area contributed by atoms with Gasteiger partial charge in [0, 0.05) is 5.56 Å². The van der Waals surface area contributed by atoms with E-state index in [4.69, 9.17) is 9.52 Å². The van der Waals surface area contributed by atoms with Gasteiger partial charge in [0.1, 0.15) is 24.3 Å². The second kappa shape index (κ2) is 6.29. The maximum absolute atomic E-state index is 11.2. The molecule has 0 bridgehead atoms. The highest BCUT2D eigenvalue weighted by atomic mass is 16.3. The molecule has 1 heterocycles. The highest BCUT2D eigenvalue weighted by molar-refractivity contribution is 5.84. The Balaban J connectivity index is 1.85. The van der Waals surface area contributed by atoms with Gasteiger partial charge in [0.25, 0.3) is 0 Å². The maximum Gasteiger partial charge on any atom is 0.227 e. The third-order valence-electron chi connectivity index (χ3n) is 3.58. The Morgan fingerprint density at radius 1 is 1.09 bits per heavy atom. The van der Waals surface area contributed by atoms with Crippen LogP contribution >= 0.6 is 0 Å². The molecule has 0 saturated heterocycles. The molecule has 2 unspecified atom stereocenters. The smallest absolute Gasteiger partial charge is 0.227 e. The van der Waals surface area contributed by atoms with E-state index in [1.807, 2.05) is 24.3 Å². The molecule has 0 saturated carbocycles. The Kier molecular flexibility index (Phi) is 4.20. The molecule has 3 aromatic rings. The number of para-hydroxylation sites is 2. The fourth-order valence-corrected chi connectivity index (χ4v) is 2.27. The van der Waals surface area contributed by atoms with Crippen LogP contribution in [0.5, 0.6) is 0 Å². The van der Waals surface area contributed by atoms with E-state index in [9.17, 15) is 15.0 Å². The van der Waals surface area contributed by atoms with Crippen LogP contribution < -0.4 is 0 Å². The van der Waals surface area contributed by atoms with Crippen molar-refractivity contribution in [3.63, 3.8) is 0 Å². The fourth-order valence-electron chi connectivity index (χ4n) is 2.27. The minimum Gasteiger partial charge on any atom is -0.436 e. The zero-order chi connectivity index (χ0) is 16.4. The summed E-state index contributed by atoms with van der Waals surface area (Å²) in [5.41, 5.74) is 2.49. The zero-order valence-corrected chi connectivity index (χ0v) is 12.1. The standard InChI is InChI=1S/C17H15NO5/c19-9-13(20)16(22)15(21)10-5-7-11(8-6-10)17-18-12-3-1-2-4-14(12)23-17/h1-8,15-16,19,21-22H,9H2. The number of Topliss-reactive ketones (excluding diaryl/α,β-unsaturated/α-hetero) is 1. The first kappa shape index (κ1) is 15.4. The summed E-state index contributed by atoms with van der Waals surface area (Å²) in [7, 11) is 0. The van der Waals surface area contributed by atoms with Crippen LogP contribution in [-0.2, 0) is 4.79 Å². The number of aliphatic hydroxyl groups is 3. The summed E-state index contributed by atoms with van der Waals surface area (Å²) < 4.78 is 5.65. The van der Waals surface area contributed by atoms with Gasteiger partial charge in [-0.1, -0.05) is 24.3 Å². The zero-order valence-electron chi connectivity index (χ0n) is 12.1. The number of hydrogen-bond donors (Lipinski definition) is 3. The molecule has 2 aromatic carbocycles. The molecule has 0 fully saturated rings. The minimum absolute atomic E-state index is 0.360. The lowest BCUT2D eigenvalue weighted by Gasteiger charge is -2.16. The second-order valence-corrected chi connectivity index (χ2v) is 5.12. The molecule has 0 aliphatic carbocycles. The van der Waals surface area contributed by atoms with Crippen LogP contribution in [-0.4, -0.2) is 38.8 Å². The number of oxazole rings is 1. The number of carbonyl (C=O) groups is 1. The quantitative estimate of drug-likeness (QED) is 0.658. The molecule has 0 radical (unpaired) electrons. The van der Waals surface area contributed by atoms with Crippen LogP contribution in [0.25, 0.3) is 22.6 Å². The van der Waals surface area contributed by atoms with Crippen molar-refractivity contribution in [2.24, 2.45) is 0 Å². The molecule has 0 aliphatic rings.